The second-order valence-electron chi connectivity index (χ2n) is 8.92. The maximum absolute atomic E-state index is 12.7. The van der Waals surface area contributed by atoms with E-state index in [1.54, 1.807) is 24.3 Å². The molecule has 0 fully saturated rings. The van der Waals surface area contributed by atoms with Gasteiger partial charge >= 0.3 is 18.1 Å². The molecule has 1 heterocycles. The number of hydrogen-bond donors (Lipinski definition) is 3. The zero-order valence-corrected chi connectivity index (χ0v) is 23.8. The van der Waals surface area contributed by atoms with E-state index in [0.29, 0.717) is 18.0 Å². The van der Waals surface area contributed by atoms with Crippen molar-refractivity contribution in [2.75, 3.05) is 30.3 Å². The van der Waals surface area contributed by atoms with Gasteiger partial charge in [0.25, 0.3) is 10.0 Å². The Bertz CT molecular complexity index is 1490. The molecule has 3 aromatic rings. The minimum Gasteiger partial charge on any atom is -0.497 e. The minimum atomic E-state index is -5.08. The van der Waals surface area contributed by atoms with Crippen molar-refractivity contribution in [3.8, 4) is 5.75 Å². The van der Waals surface area contributed by atoms with Crippen molar-refractivity contribution in [3.63, 3.8) is 0 Å². The summed E-state index contributed by atoms with van der Waals surface area (Å²) < 4.78 is 66.5. The molecule has 41 heavy (non-hydrogen) atoms. The highest BCUT2D eigenvalue weighted by Gasteiger charge is 2.38. The summed E-state index contributed by atoms with van der Waals surface area (Å²) in [6.07, 6.45) is -3.44. The van der Waals surface area contributed by atoms with Crippen LogP contribution in [0.15, 0.2) is 47.4 Å². The fourth-order valence-corrected chi connectivity index (χ4v) is 4.91. The Kier molecular flexibility index (Phi) is 10.8. The van der Waals surface area contributed by atoms with Crippen LogP contribution < -0.4 is 14.4 Å². The second-order valence-corrected chi connectivity index (χ2v) is 10.6. The van der Waals surface area contributed by atoms with Crippen LogP contribution in [0, 0.1) is 13.8 Å². The molecule has 0 atom stereocenters. The number of sulfonamides is 1. The first-order chi connectivity index (χ1) is 19.0. The number of ether oxygens (including phenoxy) is 1. The monoisotopic (exact) mass is 600 g/mol. The number of aryl methyl sites for hydroxylation is 2. The molecule has 0 unspecified atom stereocenters. The van der Waals surface area contributed by atoms with Crippen LogP contribution in [0.4, 0.5) is 24.5 Å². The summed E-state index contributed by atoms with van der Waals surface area (Å²) >= 11 is 0. The van der Waals surface area contributed by atoms with Crippen molar-refractivity contribution >= 4 is 33.3 Å². The Labute approximate surface area is 235 Å². The predicted molar refractivity (Wildman–Crippen MR) is 145 cm³/mol. The molecule has 0 aliphatic rings. The van der Waals surface area contributed by atoms with Crippen LogP contribution in [0.2, 0.25) is 0 Å². The van der Waals surface area contributed by atoms with E-state index in [2.05, 4.69) is 9.82 Å². The third-order valence-electron chi connectivity index (χ3n) is 6.08. The van der Waals surface area contributed by atoms with Gasteiger partial charge in [-0.2, -0.15) is 18.3 Å². The molecule has 0 bridgehead atoms. The van der Waals surface area contributed by atoms with Crippen LogP contribution in [0.25, 0.3) is 0 Å². The maximum Gasteiger partial charge on any atom is 0.490 e. The summed E-state index contributed by atoms with van der Waals surface area (Å²) in [6.45, 7) is 4.65. The second kappa shape index (κ2) is 13.4. The zero-order valence-electron chi connectivity index (χ0n) is 23.0. The lowest BCUT2D eigenvalue weighted by Crippen LogP contribution is -2.22. The number of rotatable bonds is 10. The van der Waals surface area contributed by atoms with E-state index in [9.17, 15) is 31.5 Å². The summed E-state index contributed by atoms with van der Waals surface area (Å²) in [7, 11) is 1.35. The average Bonchev–Trinajstić information content (AvgIpc) is 3.13. The lowest BCUT2D eigenvalue weighted by molar-refractivity contribution is -0.192. The third-order valence-corrected chi connectivity index (χ3v) is 7.48. The molecule has 0 saturated heterocycles. The Hall–Kier alpha value is -4.27. The summed E-state index contributed by atoms with van der Waals surface area (Å²) in [5.41, 5.74) is 4.04. The molecule has 0 aliphatic carbocycles. The van der Waals surface area contributed by atoms with Crippen molar-refractivity contribution in [2.24, 2.45) is 7.05 Å². The van der Waals surface area contributed by atoms with Gasteiger partial charge < -0.3 is 19.8 Å². The van der Waals surface area contributed by atoms with Gasteiger partial charge in [-0.15, -0.1) is 0 Å². The van der Waals surface area contributed by atoms with E-state index in [4.69, 9.17) is 14.6 Å². The molecule has 0 spiro atoms. The number of aliphatic carboxylic acids is 1. The summed E-state index contributed by atoms with van der Waals surface area (Å²) in [5.74, 6) is -3.35. The Balaban J connectivity index is 0.000000745. The van der Waals surface area contributed by atoms with Gasteiger partial charge in [-0.05, 0) is 74.7 Å². The number of methoxy groups -OCH3 is 1. The largest absolute Gasteiger partial charge is 0.497 e. The normalized spacial score (nSPS) is 11.3. The molecule has 15 heteroatoms. The van der Waals surface area contributed by atoms with E-state index in [-0.39, 0.29) is 16.1 Å². The molecule has 0 aliphatic heterocycles. The topological polar surface area (TPSA) is 151 Å². The van der Waals surface area contributed by atoms with Crippen molar-refractivity contribution < 1.29 is 46.1 Å². The van der Waals surface area contributed by atoms with Gasteiger partial charge in [-0.1, -0.05) is 0 Å². The average molecular weight is 601 g/mol. The summed E-state index contributed by atoms with van der Waals surface area (Å²) in [4.78, 5) is 22.8. The molecule has 0 saturated carbocycles. The number of benzene rings is 2. The minimum absolute atomic E-state index is 0.0196. The van der Waals surface area contributed by atoms with Gasteiger partial charge in [0.05, 0.1) is 29.0 Å². The van der Waals surface area contributed by atoms with Crippen molar-refractivity contribution in [3.05, 3.63) is 65.0 Å². The first-order valence-electron chi connectivity index (χ1n) is 12.0. The zero-order chi connectivity index (χ0) is 31.1. The number of anilines is 2. The standard InChI is InChI=1S/C24H30N4O5S.C2HF3O2/c1-16-21(17(2)28(4)25-16)7-6-14-27(3)23-13-8-18(15-22(23)24(29)30)26-34(31,32)20-11-9-19(33-5)10-12-20;3-2(4,5)1(6)7/h8-13,15,26H,6-7,14H2,1-5H3,(H,29,30);(H,6,7). The maximum atomic E-state index is 12.7. The molecule has 2 aromatic carbocycles. The molecule has 1 aromatic heterocycles. The smallest absolute Gasteiger partial charge is 0.490 e. The first kappa shape index (κ1) is 32.9. The lowest BCUT2D eigenvalue weighted by atomic mass is 10.1. The molecule has 3 rings (SSSR count). The van der Waals surface area contributed by atoms with Crippen molar-refractivity contribution in [2.45, 2.75) is 37.8 Å². The van der Waals surface area contributed by atoms with Crippen LogP contribution >= 0.6 is 0 Å². The molecule has 224 valence electrons. The number of aromatic nitrogens is 2. The van der Waals surface area contributed by atoms with Gasteiger partial charge in [0.1, 0.15) is 5.75 Å². The predicted octanol–water partition coefficient (Wildman–Crippen LogP) is 4.25. The molecule has 11 nitrogen and oxygen atoms in total. The van der Waals surface area contributed by atoms with Gasteiger partial charge in [0.15, 0.2) is 0 Å². The van der Waals surface area contributed by atoms with Crippen molar-refractivity contribution in [1.29, 1.82) is 0 Å². The number of halogens is 3. The number of carboxylic acid groups (broad SMARTS) is 2. The molecular weight excluding hydrogens is 569 g/mol. The van der Waals surface area contributed by atoms with Crippen LogP contribution in [0.5, 0.6) is 5.75 Å². The van der Waals surface area contributed by atoms with Crippen molar-refractivity contribution in [1.82, 2.24) is 9.78 Å². The number of carboxylic acids is 2. The quantitative estimate of drug-likeness (QED) is 0.310. The fraction of sp³-hybridized carbons (Fsp3) is 0.346. The number of carbonyl (C=O) groups is 2. The highest BCUT2D eigenvalue weighted by atomic mass is 32.2. The summed E-state index contributed by atoms with van der Waals surface area (Å²) in [6, 6.07) is 10.5. The number of hydrogen-bond acceptors (Lipinski definition) is 7. The highest BCUT2D eigenvalue weighted by Crippen LogP contribution is 2.27. The fourth-order valence-electron chi connectivity index (χ4n) is 3.87. The van der Waals surface area contributed by atoms with Crippen LogP contribution in [-0.4, -0.2) is 67.2 Å². The van der Waals surface area contributed by atoms with Gasteiger partial charge in [-0.3, -0.25) is 9.40 Å². The van der Waals surface area contributed by atoms with E-state index < -0.39 is 28.1 Å². The van der Waals surface area contributed by atoms with E-state index in [1.807, 2.05) is 37.5 Å². The Morgan fingerprint density at radius 3 is 2.15 bits per heavy atom. The van der Waals surface area contributed by atoms with E-state index in [0.717, 1.165) is 24.2 Å². The lowest BCUT2D eigenvalue weighted by Gasteiger charge is -2.22. The third kappa shape index (κ3) is 8.86. The van der Waals surface area contributed by atoms with E-state index in [1.165, 1.54) is 30.9 Å². The molecule has 0 amide bonds. The van der Waals surface area contributed by atoms with Gasteiger partial charge in [0, 0.05) is 32.0 Å². The number of aromatic carboxylic acids is 1. The number of nitrogens with zero attached hydrogens (tertiary/aromatic N) is 3. The number of nitrogens with one attached hydrogen (secondary N) is 1. The van der Waals surface area contributed by atoms with Gasteiger partial charge in [0.2, 0.25) is 0 Å². The SMILES string of the molecule is COc1ccc(S(=O)(=O)Nc2ccc(N(C)CCCc3c(C)nn(C)c3C)c(C(=O)O)c2)cc1.O=C(O)C(F)(F)F. The highest BCUT2D eigenvalue weighted by molar-refractivity contribution is 7.92. The molecule has 3 N–H and O–H groups in total. The Morgan fingerprint density at radius 2 is 1.68 bits per heavy atom. The van der Waals surface area contributed by atoms with Crippen LogP contribution in [-0.2, 0) is 28.3 Å². The first-order valence-corrected chi connectivity index (χ1v) is 13.5. The molecule has 0 radical (unpaired) electrons. The van der Waals surface area contributed by atoms with Crippen LogP contribution in [0.3, 0.4) is 0 Å². The van der Waals surface area contributed by atoms with E-state index >= 15 is 0 Å². The molecular formula is C26H31F3N4O7S. The van der Waals surface area contributed by atoms with Gasteiger partial charge in [-0.25, -0.2) is 18.0 Å². The summed E-state index contributed by atoms with van der Waals surface area (Å²) in [5, 5.41) is 21.3. The van der Waals surface area contributed by atoms with Crippen LogP contribution in [0.1, 0.15) is 33.7 Å². The number of alkyl halides is 3. The Morgan fingerprint density at radius 1 is 1.10 bits per heavy atom.